The molecule has 1 heterocycles. The molecule has 1 atom stereocenters. The molecule has 5 heteroatoms. The minimum atomic E-state index is -0.303. The molecule has 0 aliphatic carbocycles. The molecule has 0 bridgehead atoms. The molecule has 1 saturated heterocycles. The summed E-state index contributed by atoms with van der Waals surface area (Å²) < 4.78 is 15.9. The Hall–Kier alpha value is -2.37. The number of esters is 1. The van der Waals surface area contributed by atoms with Crippen molar-refractivity contribution in [3.8, 4) is 5.75 Å². The second kappa shape index (κ2) is 8.83. The van der Waals surface area contributed by atoms with Gasteiger partial charge < -0.3 is 14.2 Å². The molecular weight excluding hydrogens is 330 g/mol. The van der Waals surface area contributed by atoms with Crippen molar-refractivity contribution in [2.45, 2.75) is 19.1 Å². The first-order valence-corrected chi connectivity index (χ1v) is 8.82. The fraction of sp³-hybridized carbons (Fsp3) is 0.381. The molecule has 2 aromatic rings. The van der Waals surface area contributed by atoms with Gasteiger partial charge in [0, 0.05) is 19.6 Å². The maximum absolute atomic E-state index is 11.5. The highest BCUT2D eigenvalue weighted by Crippen LogP contribution is 2.17. The van der Waals surface area contributed by atoms with Gasteiger partial charge in [-0.3, -0.25) is 4.90 Å². The van der Waals surface area contributed by atoms with Crippen molar-refractivity contribution >= 4 is 5.97 Å². The molecule has 0 saturated carbocycles. The number of benzene rings is 2. The Morgan fingerprint density at radius 2 is 1.77 bits per heavy atom. The summed E-state index contributed by atoms with van der Waals surface area (Å²) in [5.74, 6) is 0.567. The molecule has 1 fully saturated rings. The van der Waals surface area contributed by atoms with E-state index in [1.807, 2.05) is 36.4 Å². The molecule has 138 valence electrons. The molecule has 3 rings (SSSR count). The molecule has 0 amide bonds. The van der Waals surface area contributed by atoms with Crippen molar-refractivity contribution < 1.29 is 19.0 Å². The lowest BCUT2D eigenvalue weighted by atomic mass is 10.1. The van der Waals surface area contributed by atoms with Crippen LogP contribution in [-0.2, 0) is 22.4 Å². The third-order valence-electron chi connectivity index (χ3n) is 4.63. The van der Waals surface area contributed by atoms with E-state index in [0.717, 1.165) is 38.4 Å². The quantitative estimate of drug-likeness (QED) is 0.746. The van der Waals surface area contributed by atoms with Gasteiger partial charge in [0.25, 0.3) is 0 Å². The van der Waals surface area contributed by atoms with Gasteiger partial charge in [-0.15, -0.1) is 0 Å². The van der Waals surface area contributed by atoms with Crippen LogP contribution >= 0.6 is 0 Å². The van der Waals surface area contributed by atoms with Gasteiger partial charge in [-0.1, -0.05) is 24.3 Å². The molecule has 0 radical (unpaired) electrons. The lowest BCUT2D eigenvalue weighted by Gasteiger charge is -2.33. The van der Waals surface area contributed by atoms with Gasteiger partial charge in [0.15, 0.2) is 0 Å². The maximum Gasteiger partial charge on any atom is 0.337 e. The summed E-state index contributed by atoms with van der Waals surface area (Å²) in [6, 6.07) is 15.8. The van der Waals surface area contributed by atoms with E-state index in [1.54, 1.807) is 7.11 Å². The minimum Gasteiger partial charge on any atom is -0.497 e. The first kappa shape index (κ1) is 18.4. The van der Waals surface area contributed by atoms with Crippen LogP contribution in [0, 0.1) is 0 Å². The van der Waals surface area contributed by atoms with Gasteiger partial charge in [0.05, 0.1) is 32.5 Å². The molecule has 0 spiro atoms. The zero-order chi connectivity index (χ0) is 18.4. The van der Waals surface area contributed by atoms with E-state index in [1.165, 1.54) is 18.2 Å². The molecule has 1 unspecified atom stereocenters. The minimum absolute atomic E-state index is 0.187. The first-order chi connectivity index (χ1) is 12.7. The van der Waals surface area contributed by atoms with E-state index in [2.05, 4.69) is 17.0 Å². The average molecular weight is 355 g/mol. The van der Waals surface area contributed by atoms with Crippen LogP contribution in [-0.4, -0.2) is 50.9 Å². The molecule has 26 heavy (non-hydrogen) atoms. The number of carbonyl (C=O) groups excluding carboxylic acids is 1. The Morgan fingerprint density at radius 3 is 2.42 bits per heavy atom. The second-order valence-corrected chi connectivity index (χ2v) is 6.47. The zero-order valence-electron chi connectivity index (χ0n) is 15.3. The topological polar surface area (TPSA) is 48.0 Å². The fourth-order valence-corrected chi connectivity index (χ4v) is 3.19. The van der Waals surface area contributed by atoms with Crippen LogP contribution in [0.5, 0.6) is 5.75 Å². The van der Waals surface area contributed by atoms with Gasteiger partial charge in [-0.05, 0) is 41.8 Å². The van der Waals surface area contributed by atoms with E-state index in [4.69, 9.17) is 14.2 Å². The highest BCUT2D eigenvalue weighted by Gasteiger charge is 2.21. The lowest BCUT2D eigenvalue weighted by molar-refractivity contribution is -0.0305. The van der Waals surface area contributed by atoms with Gasteiger partial charge in [-0.2, -0.15) is 0 Å². The van der Waals surface area contributed by atoms with E-state index in [9.17, 15) is 4.79 Å². The molecule has 5 nitrogen and oxygen atoms in total. The third kappa shape index (κ3) is 4.84. The van der Waals surface area contributed by atoms with Crippen LogP contribution in [0.2, 0.25) is 0 Å². The SMILES string of the molecule is COC(=O)c1ccc(CN2CCOC(Cc3ccc(OC)cc3)C2)cc1. The van der Waals surface area contributed by atoms with Crippen molar-refractivity contribution in [1.29, 1.82) is 0 Å². The summed E-state index contributed by atoms with van der Waals surface area (Å²) in [7, 11) is 3.07. The second-order valence-electron chi connectivity index (χ2n) is 6.47. The molecule has 2 aromatic carbocycles. The van der Waals surface area contributed by atoms with E-state index in [0.29, 0.717) is 5.56 Å². The summed E-state index contributed by atoms with van der Waals surface area (Å²) in [6.07, 6.45) is 1.08. The van der Waals surface area contributed by atoms with Gasteiger partial charge in [0.2, 0.25) is 0 Å². The van der Waals surface area contributed by atoms with Gasteiger partial charge in [-0.25, -0.2) is 4.79 Å². The Bertz CT molecular complexity index is 712. The molecule has 0 aromatic heterocycles. The molecule has 0 N–H and O–H groups in total. The monoisotopic (exact) mass is 355 g/mol. The van der Waals surface area contributed by atoms with Crippen molar-refractivity contribution in [3.05, 3.63) is 65.2 Å². The van der Waals surface area contributed by atoms with Crippen LogP contribution in [0.4, 0.5) is 0 Å². The Labute approximate surface area is 154 Å². The summed E-state index contributed by atoms with van der Waals surface area (Å²) in [6.45, 7) is 3.40. The maximum atomic E-state index is 11.5. The predicted octanol–water partition coefficient (Wildman–Crippen LogP) is 2.93. The fourth-order valence-electron chi connectivity index (χ4n) is 3.19. The highest BCUT2D eigenvalue weighted by molar-refractivity contribution is 5.89. The normalized spacial score (nSPS) is 17.7. The summed E-state index contributed by atoms with van der Waals surface area (Å²) >= 11 is 0. The van der Waals surface area contributed by atoms with Crippen LogP contribution in [0.25, 0.3) is 0 Å². The zero-order valence-corrected chi connectivity index (χ0v) is 15.3. The number of hydrogen-bond donors (Lipinski definition) is 0. The van der Waals surface area contributed by atoms with Crippen LogP contribution in [0.1, 0.15) is 21.5 Å². The number of nitrogens with zero attached hydrogens (tertiary/aromatic N) is 1. The number of morpholine rings is 1. The summed E-state index contributed by atoms with van der Waals surface area (Å²) in [5, 5.41) is 0. The molecule has 1 aliphatic heterocycles. The third-order valence-corrected chi connectivity index (χ3v) is 4.63. The number of ether oxygens (including phenoxy) is 3. The Morgan fingerprint density at radius 1 is 1.08 bits per heavy atom. The molecule has 1 aliphatic rings. The van der Waals surface area contributed by atoms with Crippen LogP contribution in [0.15, 0.2) is 48.5 Å². The summed E-state index contributed by atoms with van der Waals surface area (Å²) in [5.41, 5.74) is 3.01. The van der Waals surface area contributed by atoms with Crippen molar-refractivity contribution in [2.75, 3.05) is 33.9 Å². The van der Waals surface area contributed by atoms with E-state index >= 15 is 0 Å². The van der Waals surface area contributed by atoms with E-state index in [-0.39, 0.29) is 12.1 Å². The number of carbonyl (C=O) groups is 1. The van der Waals surface area contributed by atoms with E-state index < -0.39 is 0 Å². The van der Waals surface area contributed by atoms with Crippen LogP contribution < -0.4 is 4.74 Å². The molecular formula is C21H25NO4. The standard InChI is InChI=1S/C21H25NO4/c1-24-19-9-5-16(6-10-19)13-20-15-22(11-12-26-20)14-17-3-7-18(8-4-17)21(23)25-2/h3-10,20H,11-15H2,1-2H3. The van der Waals surface area contributed by atoms with Gasteiger partial charge >= 0.3 is 5.97 Å². The predicted molar refractivity (Wildman–Crippen MR) is 99.5 cm³/mol. The van der Waals surface area contributed by atoms with Crippen molar-refractivity contribution in [2.24, 2.45) is 0 Å². The Balaban J connectivity index is 1.55. The highest BCUT2D eigenvalue weighted by atomic mass is 16.5. The number of methoxy groups -OCH3 is 2. The van der Waals surface area contributed by atoms with Crippen molar-refractivity contribution in [3.63, 3.8) is 0 Å². The van der Waals surface area contributed by atoms with Crippen molar-refractivity contribution in [1.82, 2.24) is 4.90 Å². The lowest BCUT2D eigenvalue weighted by Crippen LogP contribution is -2.42. The number of hydrogen-bond acceptors (Lipinski definition) is 5. The average Bonchev–Trinajstić information content (AvgIpc) is 2.69. The largest absolute Gasteiger partial charge is 0.497 e. The van der Waals surface area contributed by atoms with Crippen LogP contribution in [0.3, 0.4) is 0 Å². The smallest absolute Gasteiger partial charge is 0.337 e. The first-order valence-electron chi connectivity index (χ1n) is 8.82. The number of rotatable bonds is 6. The summed E-state index contributed by atoms with van der Waals surface area (Å²) in [4.78, 5) is 13.9. The Kier molecular flexibility index (Phi) is 6.26. The van der Waals surface area contributed by atoms with Gasteiger partial charge in [0.1, 0.15) is 5.75 Å².